The van der Waals surface area contributed by atoms with Crippen LogP contribution in [0.25, 0.3) is 6.08 Å². The van der Waals surface area contributed by atoms with Crippen LogP contribution in [0.4, 0.5) is 0 Å². The summed E-state index contributed by atoms with van der Waals surface area (Å²) in [5.41, 5.74) is 2.50. The summed E-state index contributed by atoms with van der Waals surface area (Å²) in [7, 11) is 0. The van der Waals surface area contributed by atoms with Crippen LogP contribution < -0.4 is 0 Å². The number of piperidine rings is 1. The van der Waals surface area contributed by atoms with Gasteiger partial charge in [0.15, 0.2) is 5.78 Å². The van der Waals surface area contributed by atoms with Gasteiger partial charge < -0.3 is 4.90 Å². The van der Waals surface area contributed by atoms with Crippen molar-refractivity contribution in [2.24, 2.45) is 5.92 Å². The lowest BCUT2D eigenvalue weighted by molar-refractivity contribution is -0.114. The van der Waals surface area contributed by atoms with E-state index in [0.29, 0.717) is 6.42 Å². The van der Waals surface area contributed by atoms with Gasteiger partial charge in [-0.25, -0.2) is 0 Å². The van der Waals surface area contributed by atoms with Crippen molar-refractivity contribution in [3.8, 4) is 0 Å². The fourth-order valence-corrected chi connectivity index (χ4v) is 3.74. The summed E-state index contributed by atoms with van der Waals surface area (Å²) in [5.74, 6) is 0.987. The summed E-state index contributed by atoms with van der Waals surface area (Å²) in [6.07, 6.45) is 7.88. The molecule has 144 valence electrons. The van der Waals surface area contributed by atoms with Crippen LogP contribution in [0.5, 0.6) is 0 Å². The van der Waals surface area contributed by atoms with Crippen LogP contribution >= 0.6 is 28.3 Å². The summed E-state index contributed by atoms with van der Waals surface area (Å²) < 4.78 is 1.05. The first-order valence-corrected chi connectivity index (χ1v) is 10.2. The van der Waals surface area contributed by atoms with E-state index in [4.69, 9.17) is 0 Å². The van der Waals surface area contributed by atoms with Crippen LogP contribution in [0.3, 0.4) is 0 Å². The number of carbonyl (C=O) groups is 1. The molecule has 0 aromatic heterocycles. The molecule has 27 heavy (non-hydrogen) atoms. The Hall–Kier alpha value is -1.42. The van der Waals surface area contributed by atoms with Gasteiger partial charge in [-0.3, -0.25) is 4.79 Å². The molecule has 0 radical (unpaired) electrons. The molecule has 0 bridgehead atoms. The predicted molar refractivity (Wildman–Crippen MR) is 119 cm³/mol. The Labute approximate surface area is 177 Å². The summed E-state index contributed by atoms with van der Waals surface area (Å²) in [6.45, 7) is 3.10. The van der Waals surface area contributed by atoms with E-state index >= 15 is 0 Å². The number of hydrogen-bond acceptors (Lipinski definition) is 2. The van der Waals surface area contributed by atoms with Gasteiger partial charge in [0.1, 0.15) is 0 Å². The number of rotatable bonds is 7. The first kappa shape index (κ1) is 21.9. The quantitative estimate of drug-likeness (QED) is 0.499. The molecular formula is C23H27BrClNO. The van der Waals surface area contributed by atoms with Gasteiger partial charge in [0, 0.05) is 17.4 Å². The predicted octanol–water partition coefficient (Wildman–Crippen LogP) is 5.80. The van der Waals surface area contributed by atoms with E-state index in [1.165, 1.54) is 24.8 Å². The van der Waals surface area contributed by atoms with Crippen molar-refractivity contribution >= 4 is 40.2 Å². The minimum Gasteiger partial charge on any atom is -0.303 e. The largest absolute Gasteiger partial charge is 0.303 e. The molecule has 1 aliphatic rings. The molecule has 0 spiro atoms. The number of halogens is 2. The highest BCUT2D eigenvalue weighted by molar-refractivity contribution is 9.10. The van der Waals surface area contributed by atoms with E-state index in [0.717, 1.165) is 35.6 Å². The fraction of sp³-hybridized carbons (Fsp3) is 0.348. The van der Waals surface area contributed by atoms with Crippen LogP contribution in [-0.2, 0) is 11.2 Å². The van der Waals surface area contributed by atoms with Crippen molar-refractivity contribution in [3.05, 3.63) is 76.3 Å². The van der Waals surface area contributed by atoms with Gasteiger partial charge in [0.05, 0.1) is 0 Å². The standard InChI is InChI=1S/C23H26BrNO.ClH/c24-22-9-6-19(7-10-22)8-11-23(26)14-17-25-15-12-21(13-16-25)18-20-4-2-1-3-5-20;/h1-11,21H,12-18H2;1H. The van der Waals surface area contributed by atoms with Gasteiger partial charge in [-0.15, -0.1) is 12.4 Å². The third-order valence-electron chi connectivity index (χ3n) is 5.08. The highest BCUT2D eigenvalue weighted by Gasteiger charge is 2.19. The second-order valence-corrected chi connectivity index (χ2v) is 7.99. The summed E-state index contributed by atoms with van der Waals surface area (Å²) in [5, 5.41) is 0. The van der Waals surface area contributed by atoms with E-state index in [9.17, 15) is 4.79 Å². The van der Waals surface area contributed by atoms with Crippen LogP contribution in [-0.4, -0.2) is 30.3 Å². The molecule has 2 nitrogen and oxygen atoms in total. The molecular weight excluding hydrogens is 422 g/mol. The van der Waals surface area contributed by atoms with Gasteiger partial charge >= 0.3 is 0 Å². The molecule has 4 heteroatoms. The molecule has 0 aliphatic carbocycles. The van der Waals surface area contributed by atoms with E-state index in [1.807, 2.05) is 30.3 Å². The smallest absolute Gasteiger partial charge is 0.156 e. The maximum atomic E-state index is 12.1. The Kier molecular flexibility index (Phi) is 9.26. The van der Waals surface area contributed by atoms with Crippen molar-refractivity contribution in [2.45, 2.75) is 25.7 Å². The Balaban J connectivity index is 0.00000261. The third kappa shape index (κ3) is 7.61. The van der Waals surface area contributed by atoms with Crippen molar-refractivity contribution in [1.82, 2.24) is 4.90 Å². The molecule has 0 atom stereocenters. The summed E-state index contributed by atoms with van der Waals surface area (Å²) in [6, 6.07) is 18.8. The minimum absolute atomic E-state index is 0. The zero-order valence-corrected chi connectivity index (χ0v) is 17.9. The van der Waals surface area contributed by atoms with E-state index in [2.05, 4.69) is 51.2 Å². The topological polar surface area (TPSA) is 20.3 Å². The first-order chi connectivity index (χ1) is 12.7. The Morgan fingerprint density at radius 1 is 1.04 bits per heavy atom. The molecule has 0 saturated carbocycles. The molecule has 1 fully saturated rings. The number of nitrogens with zero attached hydrogens (tertiary/aromatic N) is 1. The maximum Gasteiger partial charge on any atom is 0.156 e. The normalized spacial score (nSPS) is 15.6. The number of allylic oxidation sites excluding steroid dienone is 1. The number of likely N-dealkylation sites (tertiary alicyclic amines) is 1. The lowest BCUT2D eigenvalue weighted by atomic mass is 9.90. The Bertz CT molecular complexity index is 722. The van der Waals surface area contributed by atoms with Crippen LogP contribution in [0.15, 0.2) is 65.1 Å². The highest BCUT2D eigenvalue weighted by Crippen LogP contribution is 2.21. The molecule has 2 aromatic carbocycles. The Morgan fingerprint density at radius 2 is 1.70 bits per heavy atom. The lowest BCUT2D eigenvalue weighted by Crippen LogP contribution is -2.35. The minimum atomic E-state index is 0. The van der Waals surface area contributed by atoms with Crippen LogP contribution in [0, 0.1) is 5.92 Å². The average molecular weight is 449 g/mol. The highest BCUT2D eigenvalue weighted by atomic mass is 79.9. The molecule has 1 heterocycles. The van der Waals surface area contributed by atoms with Crippen LogP contribution in [0.2, 0.25) is 0 Å². The zero-order chi connectivity index (χ0) is 18.2. The lowest BCUT2D eigenvalue weighted by Gasteiger charge is -2.31. The van der Waals surface area contributed by atoms with Crippen molar-refractivity contribution in [2.75, 3.05) is 19.6 Å². The van der Waals surface area contributed by atoms with E-state index < -0.39 is 0 Å². The van der Waals surface area contributed by atoms with Crippen molar-refractivity contribution < 1.29 is 4.79 Å². The zero-order valence-electron chi connectivity index (χ0n) is 15.5. The van der Waals surface area contributed by atoms with Gasteiger partial charge in [-0.1, -0.05) is 64.5 Å². The number of hydrogen-bond donors (Lipinski definition) is 0. The van der Waals surface area contributed by atoms with Gasteiger partial charge in [-0.2, -0.15) is 0 Å². The van der Waals surface area contributed by atoms with Crippen LogP contribution in [0.1, 0.15) is 30.4 Å². The number of benzene rings is 2. The molecule has 0 unspecified atom stereocenters. The second kappa shape index (κ2) is 11.4. The van der Waals surface area contributed by atoms with E-state index in [1.54, 1.807) is 6.08 Å². The average Bonchev–Trinajstić information content (AvgIpc) is 2.68. The maximum absolute atomic E-state index is 12.1. The molecule has 1 saturated heterocycles. The molecule has 3 rings (SSSR count). The molecule has 0 N–H and O–H groups in total. The molecule has 1 aliphatic heterocycles. The first-order valence-electron chi connectivity index (χ1n) is 9.42. The summed E-state index contributed by atoms with van der Waals surface area (Å²) in [4.78, 5) is 14.5. The SMILES string of the molecule is Cl.O=C(C=Cc1ccc(Br)cc1)CCN1CCC(Cc2ccccc2)CC1. The third-order valence-corrected chi connectivity index (χ3v) is 5.61. The number of ketones is 1. The van der Waals surface area contributed by atoms with Crippen molar-refractivity contribution in [3.63, 3.8) is 0 Å². The fourth-order valence-electron chi connectivity index (χ4n) is 3.48. The van der Waals surface area contributed by atoms with Crippen molar-refractivity contribution in [1.29, 1.82) is 0 Å². The summed E-state index contributed by atoms with van der Waals surface area (Å²) >= 11 is 3.42. The molecule has 0 amide bonds. The Morgan fingerprint density at radius 3 is 2.37 bits per heavy atom. The molecule has 2 aromatic rings. The van der Waals surface area contributed by atoms with Gasteiger partial charge in [0.25, 0.3) is 0 Å². The monoisotopic (exact) mass is 447 g/mol. The van der Waals surface area contributed by atoms with Gasteiger partial charge in [-0.05, 0) is 67.6 Å². The van der Waals surface area contributed by atoms with E-state index in [-0.39, 0.29) is 18.2 Å². The second-order valence-electron chi connectivity index (χ2n) is 7.08. The van der Waals surface area contributed by atoms with Gasteiger partial charge in [0.2, 0.25) is 0 Å². The number of carbonyl (C=O) groups excluding carboxylic acids is 1.